The SMILES string of the molecule is CN1CCC(O)(CNC(=O)[C@H]2OCC(=O)N[C@@H]2c2ccccc2)CC1. The first-order chi connectivity index (χ1) is 12.0. The maximum atomic E-state index is 12.6. The second-order valence-electron chi connectivity index (χ2n) is 6.93. The van der Waals surface area contributed by atoms with Crippen molar-refractivity contribution in [1.29, 1.82) is 0 Å². The zero-order valence-electron chi connectivity index (χ0n) is 14.4. The van der Waals surface area contributed by atoms with Gasteiger partial charge in [0, 0.05) is 19.6 Å². The Labute approximate surface area is 147 Å². The average molecular weight is 347 g/mol. The summed E-state index contributed by atoms with van der Waals surface area (Å²) in [6.07, 6.45) is 0.428. The number of carbonyl (C=O) groups excluding carboxylic acids is 2. The Morgan fingerprint density at radius 3 is 2.72 bits per heavy atom. The van der Waals surface area contributed by atoms with E-state index in [1.165, 1.54) is 0 Å². The van der Waals surface area contributed by atoms with Crippen LogP contribution in [0.1, 0.15) is 24.4 Å². The molecule has 0 unspecified atom stereocenters. The molecule has 1 aromatic carbocycles. The van der Waals surface area contributed by atoms with Crippen molar-refractivity contribution in [3.63, 3.8) is 0 Å². The van der Waals surface area contributed by atoms with E-state index in [9.17, 15) is 14.7 Å². The molecule has 0 spiro atoms. The third kappa shape index (κ3) is 4.36. The van der Waals surface area contributed by atoms with Gasteiger partial charge in [-0.1, -0.05) is 30.3 Å². The number of hydrogen-bond donors (Lipinski definition) is 3. The van der Waals surface area contributed by atoms with Crippen LogP contribution in [0.2, 0.25) is 0 Å². The number of carbonyl (C=O) groups is 2. The molecular weight excluding hydrogens is 322 g/mol. The Bertz CT molecular complexity index is 614. The standard InChI is InChI=1S/C18H25N3O4/c1-21-9-7-18(24,8-10-21)12-19-17(23)16-15(20-14(22)11-25-16)13-5-3-2-4-6-13/h2-6,15-16,24H,7-12H2,1H3,(H,19,23)(H,20,22)/t15-,16+/m1/s1. The number of nitrogens with one attached hydrogen (secondary N) is 2. The van der Waals surface area contributed by atoms with Gasteiger partial charge < -0.3 is 25.4 Å². The maximum absolute atomic E-state index is 12.6. The van der Waals surface area contributed by atoms with Gasteiger partial charge >= 0.3 is 0 Å². The summed E-state index contributed by atoms with van der Waals surface area (Å²) in [4.78, 5) is 26.5. The number of aliphatic hydroxyl groups is 1. The van der Waals surface area contributed by atoms with Crippen molar-refractivity contribution in [3.8, 4) is 0 Å². The molecule has 2 heterocycles. The number of piperidine rings is 1. The van der Waals surface area contributed by atoms with Gasteiger partial charge in [0.15, 0.2) is 6.10 Å². The Kier molecular flexibility index (Phi) is 5.36. The molecule has 3 N–H and O–H groups in total. The van der Waals surface area contributed by atoms with Crippen molar-refractivity contribution >= 4 is 11.8 Å². The number of likely N-dealkylation sites (tertiary alicyclic amines) is 1. The largest absolute Gasteiger partial charge is 0.388 e. The van der Waals surface area contributed by atoms with E-state index in [1.807, 2.05) is 37.4 Å². The first kappa shape index (κ1) is 17.8. The summed E-state index contributed by atoms with van der Waals surface area (Å²) >= 11 is 0. The molecule has 136 valence electrons. The third-order valence-corrected chi connectivity index (χ3v) is 4.94. The lowest BCUT2D eigenvalue weighted by atomic mass is 9.91. The molecule has 2 saturated heterocycles. The highest BCUT2D eigenvalue weighted by Crippen LogP contribution is 2.24. The summed E-state index contributed by atoms with van der Waals surface area (Å²) in [6.45, 7) is 1.65. The molecular formula is C18H25N3O4. The van der Waals surface area contributed by atoms with Crippen LogP contribution in [-0.4, -0.2) is 66.8 Å². The Morgan fingerprint density at radius 1 is 1.36 bits per heavy atom. The summed E-state index contributed by atoms with van der Waals surface area (Å²) < 4.78 is 5.49. The zero-order valence-corrected chi connectivity index (χ0v) is 14.4. The summed E-state index contributed by atoms with van der Waals surface area (Å²) in [7, 11) is 2.02. The Balaban J connectivity index is 1.64. The summed E-state index contributed by atoms with van der Waals surface area (Å²) in [6, 6.07) is 8.75. The quantitative estimate of drug-likeness (QED) is 0.703. The minimum atomic E-state index is -0.887. The molecule has 0 radical (unpaired) electrons. The predicted octanol–water partition coefficient (Wildman–Crippen LogP) is -0.184. The van der Waals surface area contributed by atoms with Gasteiger partial charge in [0.2, 0.25) is 5.91 Å². The molecule has 0 aliphatic carbocycles. The van der Waals surface area contributed by atoms with E-state index in [1.54, 1.807) is 0 Å². The lowest BCUT2D eigenvalue weighted by molar-refractivity contribution is -0.149. The number of nitrogens with zero attached hydrogens (tertiary/aromatic N) is 1. The number of hydrogen-bond acceptors (Lipinski definition) is 5. The Morgan fingerprint density at radius 2 is 2.04 bits per heavy atom. The van der Waals surface area contributed by atoms with Crippen LogP contribution < -0.4 is 10.6 Å². The van der Waals surface area contributed by atoms with Crippen molar-refractivity contribution in [2.45, 2.75) is 30.6 Å². The molecule has 1 aromatic rings. The normalized spacial score (nSPS) is 26.7. The van der Waals surface area contributed by atoms with Gasteiger partial charge in [-0.05, 0) is 25.5 Å². The summed E-state index contributed by atoms with van der Waals surface area (Å²) in [5, 5.41) is 16.2. The van der Waals surface area contributed by atoms with Gasteiger partial charge in [-0.15, -0.1) is 0 Å². The zero-order chi connectivity index (χ0) is 17.9. The second-order valence-corrected chi connectivity index (χ2v) is 6.93. The summed E-state index contributed by atoms with van der Waals surface area (Å²) in [5.74, 6) is -0.562. The van der Waals surface area contributed by atoms with Crippen molar-refractivity contribution in [3.05, 3.63) is 35.9 Å². The molecule has 7 heteroatoms. The molecule has 3 rings (SSSR count). The molecule has 0 bridgehead atoms. The fraction of sp³-hybridized carbons (Fsp3) is 0.556. The van der Waals surface area contributed by atoms with E-state index in [0.717, 1.165) is 18.7 Å². The molecule has 2 fully saturated rings. The van der Waals surface area contributed by atoms with Crippen molar-refractivity contribution in [2.75, 3.05) is 33.3 Å². The highest BCUT2D eigenvalue weighted by Gasteiger charge is 2.38. The molecule has 2 aliphatic rings. The van der Waals surface area contributed by atoms with Crippen molar-refractivity contribution < 1.29 is 19.4 Å². The van der Waals surface area contributed by atoms with Gasteiger partial charge in [-0.25, -0.2) is 0 Å². The van der Waals surface area contributed by atoms with Crippen molar-refractivity contribution in [1.82, 2.24) is 15.5 Å². The fourth-order valence-corrected chi connectivity index (χ4v) is 3.26. The smallest absolute Gasteiger partial charge is 0.251 e. The van der Waals surface area contributed by atoms with Crippen LogP contribution in [0.5, 0.6) is 0 Å². The minimum absolute atomic E-state index is 0.142. The lowest BCUT2D eigenvalue weighted by Crippen LogP contribution is -2.55. The van der Waals surface area contributed by atoms with Gasteiger partial charge in [0.05, 0.1) is 11.6 Å². The van der Waals surface area contributed by atoms with Crippen LogP contribution in [0.25, 0.3) is 0 Å². The Hall–Kier alpha value is -1.96. The molecule has 2 atom stereocenters. The van der Waals surface area contributed by atoms with E-state index in [4.69, 9.17) is 4.74 Å². The van der Waals surface area contributed by atoms with Crippen LogP contribution in [0.4, 0.5) is 0 Å². The number of ether oxygens (including phenoxy) is 1. The van der Waals surface area contributed by atoms with Crippen LogP contribution in [-0.2, 0) is 14.3 Å². The number of benzene rings is 1. The van der Waals surface area contributed by atoms with E-state index < -0.39 is 17.7 Å². The minimum Gasteiger partial charge on any atom is -0.388 e. The van der Waals surface area contributed by atoms with Crippen LogP contribution >= 0.6 is 0 Å². The van der Waals surface area contributed by atoms with Crippen LogP contribution in [0.3, 0.4) is 0 Å². The van der Waals surface area contributed by atoms with E-state index in [0.29, 0.717) is 12.8 Å². The molecule has 25 heavy (non-hydrogen) atoms. The van der Waals surface area contributed by atoms with Gasteiger partial charge in [-0.2, -0.15) is 0 Å². The predicted molar refractivity (Wildman–Crippen MR) is 91.8 cm³/mol. The lowest BCUT2D eigenvalue weighted by Gasteiger charge is -2.37. The van der Waals surface area contributed by atoms with Crippen molar-refractivity contribution in [2.24, 2.45) is 0 Å². The average Bonchev–Trinajstić information content (AvgIpc) is 2.63. The first-order valence-electron chi connectivity index (χ1n) is 8.61. The van der Waals surface area contributed by atoms with Gasteiger partial charge in [0.1, 0.15) is 6.61 Å². The first-order valence-corrected chi connectivity index (χ1v) is 8.61. The van der Waals surface area contributed by atoms with Gasteiger partial charge in [-0.3, -0.25) is 9.59 Å². The van der Waals surface area contributed by atoms with E-state index in [2.05, 4.69) is 15.5 Å². The van der Waals surface area contributed by atoms with Gasteiger partial charge in [0.25, 0.3) is 5.91 Å². The third-order valence-electron chi connectivity index (χ3n) is 4.94. The monoisotopic (exact) mass is 347 g/mol. The van der Waals surface area contributed by atoms with Crippen LogP contribution in [0, 0.1) is 0 Å². The van der Waals surface area contributed by atoms with E-state index in [-0.39, 0.29) is 25.0 Å². The molecule has 2 amide bonds. The highest BCUT2D eigenvalue weighted by atomic mass is 16.5. The maximum Gasteiger partial charge on any atom is 0.251 e. The molecule has 2 aliphatic heterocycles. The molecule has 0 aromatic heterocycles. The summed E-state index contributed by atoms with van der Waals surface area (Å²) in [5.41, 5.74) is -0.0730. The fourth-order valence-electron chi connectivity index (χ4n) is 3.26. The van der Waals surface area contributed by atoms with Crippen LogP contribution in [0.15, 0.2) is 30.3 Å². The molecule has 7 nitrogen and oxygen atoms in total. The second kappa shape index (κ2) is 7.51. The number of amides is 2. The number of rotatable bonds is 4. The molecule has 0 saturated carbocycles. The topological polar surface area (TPSA) is 90.9 Å². The highest BCUT2D eigenvalue weighted by molar-refractivity contribution is 5.86. The number of morpholine rings is 1. The van der Waals surface area contributed by atoms with E-state index >= 15 is 0 Å².